The minimum absolute atomic E-state index is 0.129. The predicted octanol–water partition coefficient (Wildman–Crippen LogP) is 4.06. The van der Waals surface area contributed by atoms with Gasteiger partial charge in [-0.15, -0.1) is 0 Å². The van der Waals surface area contributed by atoms with E-state index in [4.69, 9.17) is 11.6 Å². The highest BCUT2D eigenvalue weighted by molar-refractivity contribution is 6.34. The molecule has 1 N–H and O–H groups in total. The van der Waals surface area contributed by atoms with Crippen molar-refractivity contribution in [1.29, 1.82) is 0 Å². The molecule has 2 aromatic rings. The second kappa shape index (κ2) is 6.37. The van der Waals surface area contributed by atoms with Crippen molar-refractivity contribution in [3.63, 3.8) is 0 Å². The molecule has 0 aliphatic rings. The first-order valence-corrected chi connectivity index (χ1v) is 6.73. The molecule has 0 heterocycles. The highest BCUT2D eigenvalue weighted by Gasteiger charge is 2.13. The van der Waals surface area contributed by atoms with E-state index < -0.39 is 4.92 Å². The molecule has 2 rings (SSSR count). The Bertz CT molecular complexity index is 684. The molecular weight excluding hydrogens is 292 g/mol. The normalized spacial score (nSPS) is 10.2. The average molecular weight is 305 g/mol. The van der Waals surface area contributed by atoms with Gasteiger partial charge in [0.2, 0.25) is 0 Å². The maximum absolute atomic E-state index is 12.1. The Morgan fingerprint density at radius 1 is 1.24 bits per heavy atom. The van der Waals surface area contributed by atoms with E-state index in [0.29, 0.717) is 5.56 Å². The fourth-order valence-electron chi connectivity index (χ4n) is 1.81. The Morgan fingerprint density at radius 3 is 2.48 bits per heavy atom. The summed E-state index contributed by atoms with van der Waals surface area (Å²) in [5.41, 5.74) is 1.68. The largest absolute Gasteiger partial charge is 0.320 e. The molecule has 0 aliphatic carbocycles. The SMILES string of the molecule is CCc1ccc(C(=O)Nc2cc([N+](=O)[O-])ccc2Cl)cc1. The molecule has 0 aromatic heterocycles. The second-order valence-electron chi connectivity index (χ2n) is 4.43. The lowest BCUT2D eigenvalue weighted by molar-refractivity contribution is -0.384. The standard InChI is InChI=1S/C15H13ClN2O3/c1-2-10-3-5-11(6-4-10)15(19)17-14-9-12(18(20)21)7-8-13(14)16/h3-9H,2H2,1H3,(H,17,19). The first kappa shape index (κ1) is 15.0. The second-order valence-corrected chi connectivity index (χ2v) is 4.83. The van der Waals surface area contributed by atoms with Crippen LogP contribution in [-0.2, 0) is 6.42 Å². The molecule has 0 saturated carbocycles. The number of hydrogen-bond acceptors (Lipinski definition) is 3. The maximum Gasteiger partial charge on any atom is 0.271 e. The van der Waals surface area contributed by atoms with Crippen LogP contribution in [0.25, 0.3) is 0 Å². The van der Waals surface area contributed by atoms with Crippen LogP contribution in [0.4, 0.5) is 11.4 Å². The minimum Gasteiger partial charge on any atom is -0.320 e. The maximum atomic E-state index is 12.1. The van der Waals surface area contributed by atoms with Crippen molar-refractivity contribution in [2.45, 2.75) is 13.3 Å². The first-order chi connectivity index (χ1) is 10.0. The zero-order valence-corrected chi connectivity index (χ0v) is 12.1. The van der Waals surface area contributed by atoms with E-state index >= 15 is 0 Å². The number of carbonyl (C=O) groups is 1. The molecule has 2 aromatic carbocycles. The van der Waals surface area contributed by atoms with E-state index in [1.54, 1.807) is 12.1 Å². The van der Waals surface area contributed by atoms with Crippen molar-refractivity contribution >= 4 is 28.9 Å². The number of nitrogens with zero attached hydrogens (tertiary/aromatic N) is 1. The molecule has 1 amide bonds. The van der Waals surface area contributed by atoms with Crippen LogP contribution in [0.1, 0.15) is 22.8 Å². The first-order valence-electron chi connectivity index (χ1n) is 6.35. The van der Waals surface area contributed by atoms with E-state index in [1.165, 1.54) is 18.2 Å². The summed E-state index contributed by atoms with van der Waals surface area (Å²) in [6.45, 7) is 2.03. The van der Waals surface area contributed by atoms with Gasteiger partial charge < -0.3 is 5.32 Å². The summed E-state index contributed by atoms with van der Waals surface area (Å²) < 4.78 is 0. The molecule has 0 saturated heterocycles. The van der Waals surface area contributed by atoms with E-state index in [0.717, 1.165) is 12.0 Å². The van der Waals surface area contributed by atoms with Gasteiger partial charge in [-0.2, -0.15) is 0 Å². The number of hydrogen-bond donors (Lipinski definition) is 1. The number of benzene rings is 2. The van der Waals surface area contributed by atoms with Crippen LogP contribution < -0.4 is 5.32 Å². The average Bonchev–Trinajstić information content (AvgIpc) is 2.49. The molecular formula is C15H13ClN2O3. The highest BCUT2D eigenvalue weighted by Crippen LogP contribution is 2.27. The molecule has 0 spiro atoms. The van der Waals surface area contributed by atoms with Gasteiger partial charge >= 0.3 is 0 Å². The highest BCUT2D eigenvalue weighted by atomic mass is 35.5. The van der Waals surface area contributed by atoms with Crippen molar-refractivity contribution in [3.8, 4) is 0 Å². The third-order valence-electron chi connectivity index (χ3n) is 3.03. The van der Waals surface area contributed by atoms with Crippen molar-refractivity contribution in [1.82, 2.24) is 0 Å². The molecule has 6 heteroatoms. The number of halogens is 1. The van der Waals surface area contributed by atoms with Crippen LogP contribution >= 0.6 is 11.6 Å². The van der Waals surface area contributed by atoms with Gasteiger partial charge in [-0.05, 0) is 30.2 Å². The van der Waals surface area contributed by atoms with E-state index in [2.05, 4.69) is 5.32 Å². The summed E-state index contributed by atoms with van der Waals surface area (Å²) in [5, 5.41) is 13.6. The van der Waals surface area contributed by atoms with Crippen LogP contribution in [0.2, 0.25) is 5.02 Å². The zero-order chi connectivity index (χ0) is 15.4. The molecule has 5 nitrogen and oxygen atoms in total. The number of anilines is 1. The molecule has 0 atom stereocenters. The summed E-state index contributed by atoms with van der Waals surface area (Å²) in [6, 6.07) is 11.1. The number of nitro groups is 1. The summed E-state index contributed by atoms with van der Waals surface area (Å²) in [4.78, 5) is 22.3. The fourth-order valence-corrected chi connectivity index (χ4v) is 1.97. The predicted molar refractivity (Wildman–Crippen MR) is 81.9 cm³/mol. The lowest BCUT2D eigenvalue weighted by Crippen LogP contribution is -2.12. The van der Waals surface area contributed by atoms with Crippen LogP contribution in [0, 0.1) is 10.1 Å². The topological polar surface area (TPSA) is 72.2 Å². The van der Waals surface area contributed by atoms with Gasteiger partial charge in [-0.1, -0.05) is 30.7 Å². The van der Waals surface area contributed by atoms with Crippen LogP contribution in [0.3, 0.4) is 0 Å². The molecule has 0 fully saturated rings. The van der Waals surface area contributed by atoms with Crippen LogP contribution in [0.5, 0.6) is 0 Å². The molecule has 0 radical (unpaired) electrons. The number of amides is 1. The summed E-state index contributed by atoms with van der Waals surface area (Å²) in [5.74, 6) is -0.361. The van der Waals surface area contributed by atoms with Crippen molar-refractivity contribution < 1.29 is 9.72 Å². The van der Waals surface area contributed by atoms with Gasteiger partial charge in [-0.25, -0.2) is 0 Å². The van der Waals surface area contributed by atoms with Crippen molar-refractivity contribution in [3.05, 3.63) is 68.7 Å². The van der Waals surface area contributed by atoms with Gasteiger partial charge in [0.25, 0.3) is 11.6 Å². The van der Waals surface area contributed by atoms with E-state index in [-0.39, 0.29) is 22.3 Å². The summed E-state index contributed by atoms with van der Waals surface area (Å²) in [7, 11) is 0. The Hall–Kier alpha value is -2.40. The molecule has 0 aliphatic heterocycles. The minimum atomic E-state index is -0.540. The number of aryl methyl sites for hydroxylation is 1. The van der Waals surface area contributed by atoms with Gasteiger partial charge in [-0.3, -0.25) is 14.9 Å². The Labute approximate surface area is 126 Å². The van der Waals surface area contributed by atoms with Gasteiger partial charge in [0.05, 0.1) is 15.6 Å². The van der Waals surface area contributed by atoms with E-state index in [9.17, 15) is 14.9 Å². The zero-order valence-electron chi connectivity index (χ0n) is 11.3. The van der Waals surface area contributed by atoms with Crippen molar-refractivity contribution in [2.24, 2.45) is 0 Å². The van der Waals surface area contributed by atoms with Crippen LogP contribution in [-0.4, -0.2) is 10.8 Å². The van der Waals surface area contributed by atoms with Gasteiger partial charge in [0, 0.05) is 17.7 Å². The molecule has 0 unspecified atom stereocenters. The lowest BCUT2D eigenvalue weighted by atomic mass is 10.1. The van der Waals surface area contributed by atoms with Crippen LogP contribution in [0.15, 0.2) is 42.5 Å². The monoisotopic (exact) mass is 304 g/mol. The third kappa shape index (κ3) is 3.58. The van der Waals surface area contributed by atoms with Crippen molar-refractivity contribution in [2.75, 3.05) is 5.32 Å². The Balaban J connectivity index is 2.22. The molecule has 108 valence electrons. The third-order valence-corrected chi connectivity index (χ3v) is 3.36. The van der Waals surface area contributed by atoms with Gasteiger partial charge in [0.1, 0.15) is 0 Å². The summed E-state index contributed by atoms with van der Waals surface area (Å²) in [6.07, 6.45) is 0.888. The van der Waals surface area contributed by atoms with E-state index in [1.807, 2.05) is 19.1 Å². The molecule has 0 bridgehead atoms. The number of carbonyl (C=O) groups excluding carboxylic acids is 1. The number of nitro benzene ring substituents is 1. The number of non-ortho nitro benzene ring substituents is 1. The molecule has 21 heavy (non-hydrogen) atoms. The number of rotatable bonds is 4. The lowest BCUT2D eigenvalue weighted by Gasteiger charge is -2.07. The Morgan fingerprint density at radius 2 is 1.90 bits per heavy atom. The quantitative estimate of drug-likeness (QED) is 0.683. The Kier molecular flexibility index (Phi) is 4.55. The smallest absolute Gasteiger partial charge is 0.271 e. The fraction of sp³-hybridized carbons (Fsp3) is 0.133. The summed E-state index contributed by atoms with van der Waals surface area (Å²) >= 11 is 5.94. The number of nitrogens with one attached hydrogen (secondary N) is 1. The van der Waals surface area contributed by atoms with Gasteiger partial charge in [0.15, 0.2) is 0 Å².